The van der Waals surface area contributed by atoms with Crippen molar-refractivity contribution < 1.29 is 0 Å². The van der Waals surface area contributed by atoms with Gasteiger partial charge in [-0.3, -0.25) is 14.6 Å². The molecular weight excluding hydrogens is 403 g/mol. The van der Waals surface area contributed by atoms with Crippen LogP contribution in [0.3, 0.4) is 0 Å². The van der Waals surface area contributed by atoms with Crippen molar-refractivity contribution in [2.45, 2.75) is 52.2 Å². The molecule has 1 fully saturated rings. The van der Waals surface area contributed by atoms with E-state index in [2.05, 4.69) is 46.5 Å². The van der Waals surface area contributed by atoms with Gasteiger partial charge in [-0.05, 0) is 40.7 Å². The molecule has 0 spiro atoms. The van der Waals surface area contributed by atoms with E-state index >= 15 is 0 Å². The highest BCUT2D eigenvalue weighted by molar-refractivity contribution is 14.0. The Balaban J connectivity index is 0.00000264. The molecule has 0 aliphatic heterocycles. The lowest BCUT2D eigenvalue weighted by atomic mass is 10.2. The van der Waals surface area contributed by atoms with Gasteiger partial charge >= 0.3 is 0 Å². The van der Waals surface area contributed by atoms with Crippen molar-refractivity contribution >= 4 is 29.9 Å². The third-order valence-corrected chi connectivity index (χ3v) is 4.70. The first kappa shape index (κ1) is 20.2. The number of nitrogens with zero attached hydrogens (tertiary/aromatic N) is 4. The molecule has 1 aromatic rings. The van der Waals surface area contributed by atoms with Gasteiger partial charge in [-0.2, -0.15) is 5.10 Å². The minimum atomic E-state index is 0. The number of aromatic nitrogens is 2. The predicted octanol–water partition coefficient (Wildman–Crippen LogP) is 1.80. The van der Waals surface area contributed by atoms with E-state index in [1.165, 1.54) is 24.1 Å². The molecule has 1 aromatic heterocycles. The Morgan fingerprint density at radius 3 is 2.52 bits per heavy atom. The third kappa shape index (κ3) is 5.34. The summed E-state index contributed by atoms with van der Waals surface area (Å²) in [6, 6.07) is 1.29. The standard InChI is InChI=1S/C16H30N6.HI/c1-11(21(5)14-7-8-14)9-18-16(17-4)19-10-15-12(2)20-22(6)13(15)3;/h11,14H,7-10H2,1-6H3,(H2,17,18,19);1H. The molecule has 0 radical (unpaired) electrons. The summed E-state index contributed by atoms with van der Waals surface area (Å²) in [4.78, 5) is 6.76. The van der Waals surface area contributed by atoms with Crippen LogP contribution in [-0.2, 0) is 13.6 Å². The maximum atomic E-state index is 4.45. The van der Waals surface area contributed by atoms with E-state index in [1.54, 1.807) is 0 Å². The fraction of sp³-hybridized carbons (Fsp3) is 0.750. The van der Waals surface area contributed by atoms with Crippen molar-refractivity contribution in [3.63, 3.8) is 0 Å². The van der Waals surface area contributed by atoms with E-state index in [9.17, 15) is 0 Å². The first-order chi connectivity index (χ1) is 10.4. The zero-order valence-corrected chi connectivity index (χ0v) is 17.5. The van der Waals surface area contributed by atoms with Crippen LogP contribution >= 0.6 is 24.0 Å². The first-order valence-corrected chi connectivity index (χ1v) is 8.09. The van der Waals surface area contributed by atoms with Crippen molar-refractivity contribution in [1.29, 1.82) is 0 Å². The fourth-order valence-electron chi connectivity index (χ4n) is 2.70. The zero-order chi connectivity index (χ0) is 16.3. The molecule has 0 amide bonds. The number of guanidine groups is 1. The van der Waals surface area contributed by atoms with Gasteiger partial charge in [0.15, 0.2) is 5.96 Å². The van der Waals surface area contributed by atoms with E-state index in [4.69, 9.17) is 0 Å². The maximum absolute atomic E-state index is 4.45. The Bertz CT molecular complexity index is 535. The van der Waals surface area contributed by atoms with E-state index in [-0.39, 0.29) is 24.0 Å². The molecule has 1 aliphatic carbocycles. The van der Waals surface area contributed by atoms with Gasteiger partial charge in [-0.15, -0.1) is 24.0 Å². The second-order valence-corrected chi connectivity index (χ2v) is 6.33. The molecule has 7 heteroatoms. The number of hydrogen-bond donors (Lipinski definition) is 2. The molecule has 0 saturated heterocycles. The molecule has 23 heavy (non-hydrogen) atoms. The van der Waals surface area contributed by atoms with Gasteiger partial charge in [0.2, 0.25) is 0 Å². The third-order valence-electron chi connectivity index (χ3n) is 4.70. The summed E-state index contributed by atoms with van der Waals surface area (Å²) in [5, 5.41) is 11.3. The number of halogens is 1. The second-order valence-electron chi connectivity index (χ2n) is 6.33. The van der Waals surface area contributed by atoms with Gasteiger partial charge in [0.25, 0.3) is 0 Å². The monoisotopic (exact) mass is 434 g/mol. The number of rotatable bonds is 6. The predicted molar refractivity (Wildman–Crippen MR) is 107 cm³/mol. The van der Waals surface area contributed by atoms with Gasteiger partial charge in [0.1, 0.15) is 0 Å². The van der Waals surface area contributed by atoms with Crippen molar-refractivity contribution in [3.8, 4) is 0 Å². The topological polar surface area (TPSA) is 57.5 Å². The van der Waals surface area contributed by atoms with E-state index in [0.717, 1.165) is 30.8 Å². The summed E-state index contributed by atoms with van der Waals surface area (Å²) in [6.45, 7) is 8.05. The van der Waals surface area contributed by atoms with E-state index < -0.39 is 0 Å². The summed E-state index contributed by atoms with van der Waals surface area (Å²) in [5.41, 5.74) is 3.51. The lowest BCUT2D eigenvalue weighted by Crippen LogP contribution is -2.45. The van der Waals surface area contributed by atoms with Crippen LogP contribution in [0.1, 0.15) is 36.7 Å². The molecule has 0 bridgehead atoms. The molecule has 0 aromatic carbocycles. The van der Waals surface area contributed by atoms with Crippen LogP contribution in [-0.4, -0.2) is 53.4 Å². The summed E-state index contributed by atoms with van der Waals surface area (Å²) in [7, 11) is 6.00. The Morgan fingerprint density at radius 2 is 2.04 bits per heavy atom. The Labute approximate surface area is 157 Å². The summed E-state index contributed by atoms with van der Waals surface area (Å²) in [5.74, 6) is 0.846. The summed E-state index contributed by atoms with van der Waals surface area (Å²) < 4.78 is 1.93. The molecule has 1 unspecified atom stereocenters. The molecular formula is C16H31IN6. The van der Waals surface area contributed by atoms with Gasteiger partial charge in [0, 0.05) is 50.5 Å². The van der Waals surface area contributed by atoms with Crippen LogP contribution in [0, 0.1) is 13.8 Å². The largest absolute Gasteiger partial charge is 0.355 e. The van der Waals surface area contributed by atoms with Crippen LogP contribution in [0.2, 0.25) is 0 Å². The number of nitrogens with one attached hydrogen (secondary N) is 2. The Hall–Kier alpha value is -0.830. The molecule has 1 saturated carbocycles. The minimum Gasteiger partial charge on any atom is -0.355 e. The highest BCUT2D eigenvalue weighted by Crippen LogP contribution is 2.26. The second kappa shape index (κ2) is 8.86. The van der Waals surface area contributed by atoms with Crippen LogP contribution in [0.4, 0.5) is 0 Å². The van der Waals surface area contributed by atoms with Gasteiger partial charge in [0.05, 0.1) is 5.69 Å². The van der Waals surface area contributed by atoms with Crippen molar-refractivity contribution in [2.24, 2.45) is 12.0 Å². The lowest BCUT2D eigenvalue weighted by Gasteiger charge is -2.25. The van der Waals surface area contributed by atoms with Crippen LogP contribution < -0.4 is 10.6 Å². The minimum absolute atomic E-state index is 0. The van der Waals surface area contributed by atoms with E-state index in [0.29, 0.717) is 6.04 Å². The average Bonchev–Trinajstić information content (AvgIpc) is 3.30. The van der Waals surface area contributed by atoms with Crippen LogP contribution in [0.5, 0.6) is 0 Å². The quantitative estimate of drug-likeness (QED) is 0.408. The average molecular weight is 434 g/mol. The van der Waals surface area contributed by atoms with Gasteiger partial charge < -0.3 is 10.6 Å². The van der Waals surface area contributed by atoms with Crippen molar-refractivity contribution in [3.05, 3.63) is 17.0 Å². The molecule has 132 valence electrons. The maximum Gasteiger partial charge on any atom is 0.191 e. The van der Waals surface area contributed by atoms with Crippen molar-refractivity contribution in [1.82, 2.24) is 25.3 Å². The van der Waals surface area contributed by atoms with E-state index in [1.807, 2.05) is 25.7 Å². The molecule has 2 N–H and O–H groups in total. The SMILES string of the molecule is CN=C(NCc1c(C)nn(C)c1C)NCC(C)N(C)C1CC1.I. The number of aliphatic imine (C=N–C) groups is 1. The molecule has 1 heterocycles. The fourth-order valence-corrected chi connectivity index (χ4v) is 2.70. The smallest absolute Gasteiger partial charge is 0.191 e. The number of hydrogen-bond acceptors (Lipinski definition) is 3. The first-order valence-electron chi connectivity index (χ1n) is 8.09. The Kier molecular flexibility index (Phi) is 7.79. The number of likely N-dealkylation sites (N-methyl/N-ethyl adjacent to an activating group) is 1. The molecule has 6 nitrogen and oxygen atoms in total. The van der Waals surface area contributed by atoms with Gasteiger partial charge in [-0.1, -0.05) is 0 Å². The molecule has 1 atom stereocenters. The zero-order valence-electron chi connectivity index (χ0n) is 15.2. The highest BCUT2D eigenvalue weighted by atomic mass is 127. The van der Waals surface area contributed by atoms with Crippen molar-refractivity contribution in [2.75, 3.05) is 20.6 Å². The normalized spacial score (nSPS) is 16.2. The van der Waals surface area contributed by atoms with Gasteiger partial charge in [-0.25, -0.2) is 0 Å². The van der Waals surface area contributed by atoms with Crippen LogP contribution in [0.25, 0.3) is 0 Å². The lowest BCUT2D eigenvalue weighted by molar-refractivity contribution is 0.247. The highest BCUT2D eigenvalue weighted by Gasteiger charge is 2.28. The number of aryl methyl sites for hydroxylation is 2. The molecule has 1 aliphatic rings. The Morgan fingerprint density at radius 1 is 1.39 bits per heavy atom. The summed E-state index contributed by atoms with van der Waals surface area (Å²) >= 11 is 0. The van der Waals surface area contributed by atoms with Crippen LogP contribution in [0.15, 0.2) is 4.99 Å². The molecule has 2 rings (SSSR count). The summed E-state index contributed by atoms with van der Waals surface area (Å²) in [6.07, 6.45) is 2.68.